The van der Waals surface area contributed by atoms with Crippen molar-refractivity contribution in [2.24, 2.45) is 0 Å². The Kier molecular flexibility index (Phi) is 7.32. The molecule has 0 aliphatic heterocycles. The van der Waals surface area contributed by atoms with Gasteiger partial charge in [0.05, 0.1) is 14.2 Å². The first-order valence-electron chi connectivity index (χ1n) is 9.19. The van der Waals surface area contributed by atoms with E-state index in [1.165, 1.54) is 22.3 Å². The van der Waals surface area contributed by atoms with E-state index in [1.807, 2.05) is 6.07 Å². The maximum atomic E-state index is 5.23. The van der Waals surface area contributed by atoms with Crippen molar-refractivity contribution in [3.05, 3.63) is 58.7 Å². The number of methoxy groups -OCH3 is 2. The van der Waals surface area contributed by atoms with E-state index in [2.05, 4.69) is 85.7 Å². The molecule has 2 rings (SSSR count). The fraction of sp³-hybridized carbons (Fsp3) is 0.500. The van der Waals surface area contributed by atoms with Gasteiger partial charge in [0.25, 0.3) is 0 Å². The number of rotatable bonds is 2. The van der Waals surface area contributed by atoms with E-state index in [1.54, 1.807) is 14.2 Å². The molecule has 0 aliphatic rings. The minimum atomic E-state index is 0.194. The molecule has 0 aromatic heterocycles. The highest BCUT2D eigenvalue weighted by Crippen LogP contribution is 2.28. The molecule has 0 N–H and O–H groups in total. The number of ether oxygens (including phenoxy) is 2. The van der Waals surface area contributed by atoms with Gasteiger partial charge in [0.1, 0.15) is 11.5 Å². The molecule has 0 bridgehead atoms. The lowest BCUT2D eigenvalue weighted by Gasteiger charge is -2.21. The minimum Gasteiger partial charge on any atom is -0.497 e. The molecule has 0 unspecified atom stereocenters. The maximum Gasteiger partial charge on any atom is 0.119 e. The predicted molar refractivity (Wildman–Crippen MR) is 113 cm³/mol. The Labute approximate surface area is 160 Å². The molecule has 0 saturated heterocycles. The van der Waals surface area contributed by atoms with Crippen LogP contribution in [-0.2, 0) is 10.8 Å². The molecular formula is C24H36O2. The number of aryl methyl sites for hydroxylation is 2. The Bertz CT molecular complexity index is 716. The molecule has 0 heterocycles. The van der Waals surface area contributed by atoms with Crippen LogP contribution in [0.1, 0.15) is 63.8 Å². The first-order valence-corrected chi connectivity index (χ1v) is 9.19. The number of hydrogen-bond donors (Lipinski definition) is 0. The van der Waals surface area contributed by atoms with Crippen molar-refractivity contribution in [2.75, 3.05) is 14.2 Å². The molecule has 0 aliphatic carbocycles. The van der Waals surface area contributed by atoms with Crippen molar-refractivity contribution < 1.29 is 9.47 Å². The van der Waals surface area contributed by atoms with E-state index in [9.17, 15) is 0 Å². The van der Waals surface area contributed by atoms with Crippen molar-refractivity contribution in [3.8, 4) is 11.5 Å². The Hall–Kier alpha value is -1.96. The average molecular weight is 357 g/mol. The lowest BCUT2D eigenvalue weighted by molar-refractivity contribution is 0.412. The largest absolute Gasteiger partial charge is 0.497 e. The zero-order chi connectivity index (χ0) is 20.1. The molecule has 0 fully saturated rings. The van der Waals surface area contributed by atoms with E-state index in [4.69, 9.17) is 9.47 Å². The van der Waals surface area contributed by atoms with Crippen LogP contribution in [0, 0.1) is 13.8 Å². The van der Waals surface area contributed by atoms with Gasteiger partial charge in [-0.15, -0.1) is 0 Å². The third-order valence-corrected chi connectivity index (χ3v) is 4.39. The van der Waals surface area contributed by atoms with Crippen LogP contribution in [0.5, 0.6) is 11.5 Å². The van der Waals surface area contributed by atoms with Crippen LogP contribution >= 0.6 is 0 Å². The molecule has 144 valence electrons. The van der Waals surface area contributed by atoms with Crippen LogP contribution in [0.3, 0.4) is 0 Å². The first kappa shape index (κ1) is 22.1. The van der Waals surface area contributed by atoms with Gasteiger partial charge in [-0.1, -0.05) is 53.7 Å². The Morgan fingerprint density at radius 2 is 1.23 bits per heavy atom. The lowest BCUT2D eigenvalue weighted by atomic mass is 9.84. The summed E-state index contributed by atoms with van der Waals surface area (Å²) in [5, 5.41) is 0. The molecule has 2 aromatic carbocycles. The summed E-state index contributed by atoms with van der Waals surface area (Å²) >= 11 is 0. The molecular weight excluding hydrogens is 320 g/mol. The van der Waals surface area contributed by atoms with Gasteiger partial charge in [-0.2, -0.15) is 0 Å². The van der Waals surface area contributed by atoms with Crippen LogP contribution in [-0.4, -0.2) is 14.2 Å². The van der Waals surface area contributed by atoms with Crippen molar-refractivity contribution in [1.29, 1.82) is 0 Å². The lowest BCUT2D eigenvalue weighted by Crippen LogP contribution is -2.12. The quantitative estimate of drug-likeness (QED) is 0.603. The van der Waals surface area contributed by atoms with Crippen molar-refractivity contribution in [3.63, 3.8) is 0 Å². The third kappa shape index (κ3) is 6.40. The summed E-state index contributed by atoms with van der Waals surface area (Å²) in [5.41, 5.74) is 5.67. The van der Waals surface area contributed by atoms with E-state index in [0.29, 0.717) is 0 Å². The van der Waals surface area contributed by atoms with Gasteiger partial charge in [-0.25, -0.2) is 0 Å². The normalized spacial score (nSPS) is 11.5. The van der Waals surface area contributed by atoms with Gasteiger partial charge in [-0.3, -0.25) is 0 Å². The molecule has 2 aromatic rings. The number of hydrogen-bond acceptors (Lipinski definition) is 2. The molecule has 2 heteroatoms. The SMILES string of the molecule is COc1cc(C)cc(C(C)(C)C)c1.COc1ccc(C(C)(C)C)c(C)c1. The first-order chi connectivity index (χ1) is 11.9. The second-order valence-electron chi connectivity index (χ2n) is 8.92. The Morgan fingerprint density at radius 3 is 1.65 bits per heavy atom. The fourth-order valence-electron chi connectivity index (χ4n) is 2.90. The summed E-state index contributed by atoms with van der Waals surface area (Å²) in [6.45, 7) is 17.5. The second-order valence-corrected chi connectivity index (χ2v) is 8.92. The molecule has 0 radical (unpaired) electrons. The van der Waals surface area contributed by atoms with Gasteiger partial charge >= 0.3 is 0 Å². The standard InChI is InChI=1S/2C12H18O/c1-9-6-10(12(2,3)4)8-11(7-9)13-5;1-9-8-10(13-5)6-7-11(9)12(2,3)4/h2*6-8H,1-5H3. The number of benzene rings is 2. The molecule has 26 heavy (non-hydrogen) atoms. The highest BCUT2D eigenvalue weighted by Gasteiger charge is 2.16. The minimum absolute atomic E-state index is 0.194. The highest BCUT2D eigenvalue weighted by molar-refractivity contribution is 5.38. The zero-order valence-corrected chi connectivity index (χ0v) is 18.3. The maximum absolute atomic E-state index is 5.23. The highest BCUT2D eigenvalue weighted by atomic mass is 16.5. The van der Waals surface area contributed by atoms with Crippen LogP contribution in [0.4, 0.5) is 0 Å². The van der Waals surface area contributed by atoms with Gasteiger partial charge < -0.3 is 9.47 Å². The summed E-state index contributed by atoms with van der Waals surface area (Å²) in [4.78, 5) is 0. The van der Waals surface area contributed by atoms with Crippen molar-refractivity contribution in [1.82, 2.24) is 0 Å². The van der Waals surface area contributed by atoms with Gasteiger partial charge in [0.15, 0.2) is 0 Å². The fourth-order valence-corrected chi connectivity index (χ4v) is 2.90. The smallest absolute Gasteiger partial charge is 0.119 e. The Balaban J connectivity index is 0.000000260. The summed E-state index contributed by atoms with van der Waals surface area (Å²) in [6.07, 6.45) is 0. The second kappa shape index (κ2) is 8.62. The van der Waals surface area contributed by atoms with E-state index in [-0.39, 0.29) is 10.8 Å². The van der Waals surface area contributed by atoms with Gasteiger partial charge in [0.2, 0.25) is 0 Å². The van der Waals surface area contributed by atoms with E-state index in [0.717, 1.165) is 11.5 Å². The van der Waals surface area contributed by atoms with Crippen LogP contribution in [0.15, 0.2) is 36.4 Å². The summed E-state index contributed by atoms with van der Waals surface area (Å²) < 4.78 is 10.4. The zero-order valence-electron chi connectivity index (χ0n) is 18.3. The van der Waals surface area contributed by atoms with Crippen molar-refractivity contribution in [2.45, 2.75) is 66.2 Å². The van der Waals surface area contributed by atoms with Gasteiger partial charge in [0, 0.05) is 0 Å². The van der Waals surface area contributed by atoms with Gasteiger partial charge in [-0.05, 0) is 71.2 Å². The topological polar surface area (TPSA) is 18.5 Å². The van der Waals surface area contributed by atoms with Crippen LogP contribution in [0.25, 0.3) is 0 Å². The summed E-state index contributed by atoms with van der Waals surface area (Å²) in [7, 11) is 3.41. The summed E-state index contributed by atoms with van der Waals surface area (Å²) in [6, 6.07) is 12.6. The molecule has 0 amide bonds. The predicted octanol–water partition coefficient (Wildman–Crippen LogP) is 6.60. The summed E-state index contributed by atoms with van der Waals surface area (Å²) in [5.74, 6) is 1.88. The third-order valence-electron chi connectivity index (χ3n) is 4.39. The van der Waals surface area contributed by atoms with E-state index >= 15 is 0 Å². The monoisotopic (exact) mass is 356 g/mol. The van der Waals surface area contributed by atoms with Crippen molar-refractivity contribution >= 4 is 0 Å². The Morgan fingerprint density at radius 1 is 0.654 bits per heavy atom. The molecule has 0 spiro atoms. The average Bonchev–Trinajstić information content (AvgIpc) is 2.52. The molecule has 0 atom stereocenters. The van der Waals surface area contributed by atoms with Crippen LogP contribution in [0.2, 0.25) is 0 Å². The molecule has 2 nitrogen and oxygen atoms in total. The van der Waals surface area contributed by atoms with E-state index < -0.39 is 0 Å². The molecule has 0 saturated carbocycles. The van der Waals surface area contributed by atoms with Crippen LogP contribution < -0.4 is 9.47 Å².